The monoisotopic (exact) mass is 192 g/mol. The van der Waals surface area contributed by atoms with Gasteiger partial charge in [-0.1, -0.05) is 0 Å². The predicted octanol–water partition coefficient (Wildman–Crippen LogP) is -3.27. The Bertz CT molecular complexity index is 209. The minimum Gasteiger partial charge on any atom is -0.394 e. The molecule has 1 fully saturated rings. The van der Waals surface area contributed by atoms with Crippen molar-refractivity contribution >= 4 is 5.71 Å². The molecule has 0 saturated carbocycles. The maximum Gasteiger partial charge on any atom is 0.199 e. The number of hydrazone groups is 1. The number of rotatable bonds is 1. The molecule has 1 unspecified atom stereocenters. The first kappa shape index (κ1) is 10.4. The summed E-state index contributed by atoms with van der Waals surface area (Å²) >= 11 is 0. The summed E-state index contributed by atoms with van der Waals surface area (Å²) in [4.78, 5) is 0. The predicted molar refractivity (Wildman–Crippen MR) is 41.6 cm³/mol. The van der Waals surface area contributed by atoms with Crippen molar-refractivity contribution in [3.8, 4) is 0 Å². The highest BCUT2D eigenvalue weighted by atomic mass is 16.6. The van der Waals surface area contributed by atoms with E-state index in [1.807, 2.05) is 0 Å². The summed E-state index contributed by atoms with van der Waals surface area (Å²) in [5.41, 5.74) is -0.253. The fourth-order valence-corrected chi connectivity index (χ4v) is 1.13. The first-order valence-electron chi connectivity index (χ1n) is 3.70. The van der Waals surface area contributed by atoms with Gasteiger partial charge < -0.3 is 31.0 Å². The number of nitrogens with zero attached hydrogens (tertiary/aromatic N) is 1. The van der Waals surface area contributed by atoms with Crippen molar-refractivity contribution in [3.63, 3.8) is 0 Å². The zero-order valence-electron chi connectivity index (χ0n) is 6.74. The average Bonchev–Trinajstić information content (AvgIpc) is 2.12. The maximum absolute atomic E-state index is 9.30. The van der Waals surface area contributed by atoms with Crippen LogP contribution >= 0.6 is 0 Å². The van der Waals surface area contributed by atoms with Gasteiger partial charge in [-0.3, -0.25) is 0 Å². The van der Waals surface area contributed by atoms with E-state index in [2.05, 4.69) is 5.10 Å². The molecule has 7 nitrogen and oxygen atoms in total. The number of nitrogens with two attached hydrogens (primary N) is 1. The van der Waals surface area contributed by atoms with E-state index in [1.165, 1.54) is 0 Å². The molecule has 0 aromatic carbocycles. The Labute approximate surface area is 74.1 Å². The average molecular weight is 192 g/mol. The zero-order valence-corrected chi connectivity index (χ0v) is 6.74. The highest BCUT2D eigenvalue weighted by Gasteiger charge is 2.40. The molecule has 1 aliphatic heterocycles. The molecule has 6 N–H and O–H groups in total. The summed E-state index contributed by atoms with van der Waals surface area (Å²) in [6.45, 7) is -0.507. The summed E-state index contributed by atoms with van der Waals surface area (Å²) in [6, 6.07) is 0. The molecule has 76 valence electrons. The lowest BCUT2D eigenvalue weighted by molar-refractivity contribution is -0.181. The van der Waals surface area contributed by atoms with E-state index < -0.39 is 31.2 Å². The number of aliphatic hydroxyl groups excluding tert-OH is 4. The normalized spacial score (nSPS) is 43.8. The van der Waals surface area contributed by atoms with Crippen LogP contribution in [0, 0.1) is 0 Å². The molecule has 0 aliphatic carbocycles. The molecule has 0 spiro atoms. The smallest absolute Gasteiger partial charge is 0.199 e. The standard InChI is InChI=1S/C6H12N2O5/c7-8-3-5(11)4(10)2(1-9)13-6(3)12/h2,4-6,9-12H,1,7H2/b8-3+/t2-,4-,5-,6?/m1/s1. The van der Waals surface area contributed by atoms with Gasteiger partial charge in [0.15, 0.2) is 6.29 Å². The molecule has 0 aromatic rings. The largest absolute Gasteiger partial charge is 0.394 e. The van der Waals surface area contributed by atoms with Gasteiger partial charge in [-0.15, -0.1) is 0 Å². The summed E-state index contributed by atoms with van der Waals surface area (Å²) in [5.74, 6) is 4.85. The molecule has 1 aliphatic rings. The van der Waals surface area contributed by atoms with E-state index in [1.54, 1.807) is 0 Å². The van der Waals surface area contributed by atoms with Crippen LogP contribution in [-0.2, 0) is 4.74 Å². The van der Waals surface area contributed by atoms with Gasteiger partial charge in [-0.2, -0.15) is 5.10 Å². The third-order valence-electron chi connectivity index (χ3n) is 1.89. The second kappa shape index (κ2) is 3.99. The molecule has 0 bridgehead atoms. The van der Waals surface area contributed by atoms with Crippen LogP contribution in [0.15, 0.2) is 5.10 Å². The lowest BCUT2D eigenvalue weighted by atomic mass is 10.0. The molecule has 0 aromatic heterocycles. The topological polar surface area (TPSA) is 129 Å². The molecule has 0 amide bonds. The van der Waals surface area contributed by atoms with Crippen molar-refractivity contribution in [2.24, 2.45) is 10.9 Å². The number of hydrogen-bond acceptors (Lipinski definition) is 7. The van der Waals surface area contributed by atoms with Crippen LogP contribution in [0.4, 0.5) is 0 Å². The van der Waals surface area contributed by atoms with Gasteiger partial charge in [0.05, 0.1) is 6.61 Å². The van der Waals surface area contributed by atoms with Crippen LogP contribution in [0.3, 0.4) is 0 Å². The summed E-state index contributed by atoms with van der Waals surface area (Å²) < 4.78 is 4.71. The molecular formula is C6H12N2O5. The highest BCUT2D eigenvalue weighted by Crippen LogP contribution is 2.16. The van der Waals surface area contributed by atoms with Gasteiger partial charge in [-0.05, 0) is 0 Å². The highest BCUT2D eigenvalue weighted by molar-refractivity contribution is 5.92. The van der Waals surface area contributed by atoms with Gasteiger partial charge in [0.2, 0.25) is 0 Å². The molecule has 1 saturated heterocycles. The SMILES string of the molecule is N/N=C1/C(O)O[C@H](CO)[C@@H](O)[C@@H]1O. The molecule has 1 rings (SSSR count). The van der Waals surface area contributed by atoms with E-state index >= 15 is 0 Å². The van der Waals surface area contributed by atoms with Crippen molar-refractivity contribution in [2.75, 3.05) is 6.61 Å². The molecule has 0 radical (unpaired) electrons. The van der Waals surface area contributed by atoms with Crippen molar-refractivity contribution < 1.29 is 25.2 Å². The molecule has 7 heteroatoms. The summed E-state index contributed by atoms with van der Waals surface area (Å²) in [7, 11) is 0. The van der Waals surface area contributed by atoms with Crippen LogP contribution < -0.4 is 5.84 Å². The molecule has 4 atom stereocenters. The van der Waals surface area contributed by atoms with E-state index in [0.29, 0.717) is 0 Å². The van der Waals surface area contributed by atoms with E-state index in [9.17, 15) is 10.2 Å². The Balaban J connectivity index is 2.79. The van der Waals surface area contributed by atoms with Crippen molar-refractivity contribution in [2.45, 2.75) is 24.6 Å². The Morgan fingerprint density at radius 1 is 1.38 bits per heavy atom. The minimum absolute atomic E-state index is 0.253. The van der Waals surface area contributed by atoms with E-state index in [-0.39, 0.29) is 5.71 Å². The zero-order chi connectivity index (χ0) is 10.0. The van der Waals surface area contributed by atoms with Crippen molar-refractivity contribution in [1.29, 1.82) is 0 Å². The first-order valence-corrected chi connectivity index (χ1v) is 3.70. The van der Waals surface area contributed by atoms with Crippen molar-refractivity contribution in [3.05, 3.63) is 0 Å². The Morgan fingerprint density at radius 3 is 2.46 bits per heavy atom. The van der Waals surface area contributed by atoms with Crippen LogP contribution in [0.2, 0.25) is 0 Å². The molecular weight excluding hydrogens is 180 g/mol. The van der Waals surface area contributed by atoms with Crippen LogP contribution in [-0.4, -0.2) is 57.3 Å². The van der Waals surface area contributed by atoms with Gasteiger partial charge in [0.1, 0.15) is 24.0 Å². The second-order valence-electron chi connectivity index (χ2n) is 2.70. The molecule has 13 heavy (non-hydrogen) atoms. The van der Waals surface area contributed by atoms with Crippen LogP contribution in [0.5, 0.6) is 0 Å². The fraction of sp³-hybridized carbons (Fsp3) is 0.833. The van der Waals surface area contributed by atoms with Crippen LogP contribution in [0.25, 0.3) is 0 Å². The van der Waals surface area contributed by atoms with E-state index in [0.717, 1.165) is 0 Å². The minimum atomic E-state index is -1.49. The lowest BCUT2D eigenvalue weighted by Crippen LogP contribution is -2.56. The van der Waals surface area contributed by atoms with Gasteiger partial charge >= 0.3 is 0 Å². The van der Waals surface area contributed by atoms with Gasteiger partial charge in [0, 0.05) is 0 Å². The lowest BCUT2D eigenvalue weighted by Gasteiger charge is -2.34. The van der Waals surface area contributed by atoms with Crippen molar-refractivity contribution in [1.82, 2.24) is 0 Å². The van der Waals surface area contributed by atoms with Crippen LogP contribution in [0.1, 0.15) is 0 Å². The van der Waals surface area contributed by atoms with E-state index in [4.69, 9.17) is 20.8 Å². The summed E-state index contributed by atoms with van der Waals surface area (Å²) in [5, 5.41) is 39.5. The Morgan fingerprint density at radius 2 is 2.00 bits per heavy atom. The van der Waals surface area contributed by atoms with Gasteiger partial charge in [0.25, 0.3) is 0 Å². The Kier molecular flexibility index (Phi) is 3.17. The maximum atomic E-state index is 9.30. The van der Waals surface area contributed by atoms with Gasteiger partial charge in [-0.25, -0.2) is 0 Å². The number of hydrogen-bond donors (Lipinski definition) is 5. The third kappa shape index (κ3) is 1.79. The summed E-state index contributed by atoms with van der Waals surface area (Å²) in [6.07, 6.45) is -5.27. The number of aliphatic hydroxyl groups is 4. The molecule has 1 heterocycles. The third-order valence-corrected chi connectivity index (χ3v) is 1.89. The second-order valence-corrected chi connectivity index (χ2v) is 2.70. The fourth-order valence-electron chi connectivity index (χ4n) is 1.13. The Hall–Kier alpha value is -0.730. The number of ether oxygens (including phenoxy) is 1. The first-order chi connectivity index (χ1) is 6.11. The quantitative estimate of drug-likeness (QED) is 0.219.